The molecule has 68 valence electrons. The van der Waals surface area contributed by atoms with Crippen molar-refractivity contribution in [1.82, 2.24) is 0 Å². The van der Waals surface area contributed by atoms with Gasteiger partial charge < -0.3 is 0 Å². The van der Waals surface area contributed by atoms with Crippen molar-refractivity contribution in [1.29, 1.82) is 0 Å². The molecular weight excluding hydrogens is 132 g/mol. The molecule has 0 saturated heterocycles. The van der Waals surface area contributed by atoms with Crippen LogP contribution in [0, 0.1) is 0 Å². The number of hydrogen-bond donors (Lipinski definition) is 0. The second-order valence-electron chi connectivity index (χ2n) is 0.856. The summed E-state index contributed by atoms with van der Waals surface area (Å²) in [4.78, 5) is 0. The second-order valence-corrected chi connectivity index (χ2v) is 0.856. The van der Waals surface area contributed by atoms with E-state index < -0.39 is 0 Å². The molecule has 0 aliphatic rings. The van der Waals surface area contributed by atoms with Crippen LogP contribution in [0.15, 0.2) is 37.5 Å². The lowest BCUT2D eigenvalue weighted by atomic mass is 10.5. The maximum absolute atomic E-state index is 3.46. The molecule has 0 amide bonds. The van der Waals surface area contributed by atoms with Crippen LogP contribution in [0.1, 0.15) is 35.1 Å². The van der Waals surface area contributed by atoms with Crippen LogP contribution in [0.25, 0.3) is 0 Å². The van der Waals surface area contributed by atoms with Gasteiger partial charge in [-0.05, 0) is 0 Å². The third-order valence-electron chi connectivity index (χ3n) is 0.383. The molecule has 0 heterocycles. The Bertz CT molecular complexity index is 58.1. The van der Waals surface area contributed by atoms with Gasteiger partial charge in [-0.1, -0.05) is 72.6 Å². The minimum atomic E-state index is 0. The van der Waals surface area contributed by atoms with Gasteiger partial charge in [-0.3, -0.25) is 0 Å². The molecule has 0 fully saturated rings. The Kier molecular flexibility index (Phi) is 123. The highest BCUT2D eigenvalue weighted by Crippen LogP contribution is 1.69. The minimum Gasteiger partial charge on any atom is -0.0991 e. The summed E-state index contributed by atoms with van der Waals surface area (Å²) in [6.07, 6.45) is 7.07. The third kappa shape index (κ3) is 97.5. The van der Waals surface area contributed by atoms with E-state index in [1.807, 2.05) is 39.8 Å². The summed E-state index contributed by atoms with van der Waals surface area (Å²) >= 11 is 0. The summed E-state index contributed by atoms with van der Waals surface area (Å²) in [5.74, 6) is 0. The monoisotopic (exact) mass is 156 g/mol. The van der Waals surface area contributed by atoms with Gasteiger partial charge in [0, 0.05) is 0 Å². The molecule has 11 heavy (non-hydrogen) atoms. The van der Waals surface area contributed by atoms with Crippen molar-refractivity contribution in [3.63, 3.8) is 0 Å². The van der Waals surface area contributed by atoms with Gasteiger partial charge in [-0.2, -0.15) is 0 Å². The van der Waals surface area contributed by atoms with Gasteiger partial charge in [0.2, 0.25) is 0 Å². The zero-order chi connectivity index (χ0) is 8.83. The molecule has 0 aliphatic heterocycles. The fourth-order valence-electron chi connectivity index (χ4n) is 0.157. The van der Waals surface area contributed by atoms with E-state index in [2.05, 4.69) is 13.2 Å². The average Bonchev–Trinajstić information content (AvgIpc) is 2.08. The quantitative estimate of drug-likeness (QED) is 0.512. The maximum Gasteiger partial charge on any atom is -0.0629 e. The molecule has 0 aromatic heterocycles. The van der Waals surface area contributed by atoms with Crippen LogP contribution in [-0.2, 0) is 0 Å². The molecule has 0 spiro atoms. The maximum atomic E-state index is 3.46. The molecule has 0 heteroatoms. The zero-order valence-electron chi connectivity index (χ0n) is 7.72. The summed E-state index contributed by atoms with van der Waals surface area (Å²) in [6, 6.07) is 0. The average molecular weight is 156 g/mol. The van der Waals surface area contributed by atoms with Crippen molar-refractivity contribution in [3.8, 4) is 0 Å². The Hall–Kier alpha value is -0.780. The number of allylic oxidation sites excluding steroid dienone is 4. The molecule has 0 bridgehead atoms. The van der Waals surface area contributed by atoms with Crippen molar-refractivity contribution in [2.45, 2.75) is 35.1 Å². The van der Waals surface area contributed by atoms with Crippen LogP contribution in [0.2, 0.25) is 0 Å². The zero-order valence-corrected chi connectivity index (χ0v) is 7.72. The molecule has 0 aromatic rings. The molecule has 0 aromatic carbocycles. The normalized spacial score (nSPS) is 5.82. The van der Waals surface area contributed by atoms with Crippen LogP contribution >= 0.6 is 0 Å². The lowest BCUT2D eigenvalue weighted by Crippen LogP contribution is -1.38. The highest BCUT2D eigenvalue weighted by Gasteiger charge is 1.47. The summed E-state index contributed by atoms with van der Waals surface area (Å²) in [7, 11) is 0. The molecule has 0 saturated carbocycles. The molecular formula is C11H24. The number of hydrogen-bond acceptors (Lipinski definition) is 0. The van der Waals surface area contributed by atoms with Crippen molar-refractivity contribution in [2.75, 3.05) is 0 Å². The largest absolute Gasteiger partial charge is 0.0991 e. The van der Waals surface area contributed by atoms with Crippen LogP contribution < -0.4 is 0 Å². The molecule has 0 radical (unpaired) electrons. The van der Waals surface area contributed by atoms with Crippen molar-refractivity contribution < 1.29 is 0 Å². The van der Waals surface area contributed by atoms with E-state index in [0.29, 0.717) is 0 Å². The molecule has 0 rings (SSSR count). The summed E-state index contributed by atoms with van der Waals surface area (Å²) in [6.45, 7) is 14.9. The van der Waals surface area contributed by atoms with Crippen LogP contribution in [0.4, 0.5) is 0 Å². The third-order valence-corrected chi connectivity index (χ3v) is 0.383. The van der Waals surface area contributed by atoms with E-state index in [-0.39, 0.29) is 7.43 Å². The first-order chi connectivity index (χ1) is 4.91. The van der Waals surface area contributed by atoms with Gasteiger partial charge in [0.15, 0.2) is 0 Å². The van der Waals surface area contributed by atoms with E-state index in [1.54, 1.807) is 12.2 Å². The second kappa shape index (κ2) is 60.1. The standard InChI is InChI=1S/C6H8.2C2H6.CH4/c1-3-5-6-4-2;2*1-2;/h3-6H,1-2H2;2*1-2H3;1H4/b6-5-;;;. The van der Waals surface area contributed by atoms with Gasteiger partial charge in [0.1, 0.15) is 0 Å². The Morgan fingerprint density at radius 1 is 0.727 bits per heavy atom. The Morgan fingerprint density at radius 3 is 1.00 bits per heavy atom. The SMILES string of the molecule is C.C=C/C=C\C=C.CC.CC. The number of rotatable bonds is 2. The summed E-state index contributed by atoms with van der Waals surface area (Å²) in [5, 5.41) is 0. The van der Waals surface area contributed by atoms with Crippen molar-refractivity contribution in [2.24, 2.45) is 0 Å². The van der Waals surface area contributed by atoms with Gasteiger partial charge in [-0.25, -0.2) is 0 Å². The van der Waals surface area contributed by atoms with Crippen LogP contribution in [-0.4, -0.2) is 0 Å². The van der Waals surface area contributed by atoms with Gasteiger partial charge in [0.25, 0.3) is 0 Å². The molecule has 0 N–H and O–H groups in total. The van der Waals surface area contributed by atoms with Crippen LogP contribution in [0.3, 0.4) is 0 Å². The van der Waals surface area contributed by atoms with E-state index in [1.165, 1.54) is 0 Å². The van der Waals surface area contributed by atoms with E-state index in [9.17, 15) is 0 Å². The predicted molar refractivity (Wildman–Crippen MR) is 59.0 cm³/mol. The Labute approximate surface area is 73.3 Å². The lowest BCUT2D eigenvalue weighted by molar-refractivity contribution is 1.50. The Balaban J connectivity index is -0.0000000428. The highest BCUT2D eigenvalue weighted by molar-refractivity contribution is 5.05. The first kappa shape index (κ1) is 22.5. The summed E-state index contributed by atoms with van der Waals surface area (Å²) in [5.41, 5.74) is 0. The topological polar surface area (TPSA) is 0 Å². The van der Waals surface area contributed by atoms with E-state index >= 15 is 0 Å². The lowest BCUT2D eigenvalue weighted by Gasteiger charge is -1.60. The van der Waals surface area contributed by atoms with E-state index in [0.717, 1.165) is 0 Å². The van der Waals surface area contributed by atoms with Crippen molar-refractivity contribution in [3.05, 3.63) is 37.5 Å². The smallest absolute Gasteiger partial charge is 0.0629 e. The van der Waals surface area contributed by atoms with Crippen molar-refractivity contribution >= 4 is 0 Å². The van der Waals surface area contributed by atoms with Gasteiger partial charge in [-0.15, -0.1) is 0 Å². The molecule has 0 atom stereocenters. The molecule has 0 unspecified atom stereocenters. The highest BCUT2D eigenvalue weighted by atomic mass is 13.5. The predicted octanol–water partition coefficient (Wildman–Crippen LogP) is 4.60. The first-order valence-corrected chi connectivity index (χ1v) is 3.82. The van der Waals surface area contributed by atoms with E-state index in [4.69, 9.17) is 0 Å². The first-order valence-electron chi connectivity index (χ1n) is 3.82. The fraction of sp³-hybridized carbons (Fsp3) is 0.455. The Morgan fingerprint density at radius 2 is 0.909 bits per heavy atom. The summed E-state index contributed by atoms with van der Waals surface area (Å²) < 4.78 is 0. The molecule has 0 aliphatic carbocycles. The van der Waals surface area contributed by atoms with Gasteiger partial charge >= 0.3 is 0 Å². The minimum absolute atomic E-state index is 0. The van der Waals surface area contributed by atoms with Gasteiger partial charge in [0.05, 0.1) is 0 Å². The molecule has 0 nitrogen and oxygen atoms in total. The fourth-order valence-corrected chi connectivity index (χ4v) is 0.157. The van der Waals surface area contributed by atoms with Crippen LogP contribution in [0.5, 0.6) is 0 Å².